The third-order valence-electron chi connectivity index (χ3n) is 3.46. The summed E-state index contributed by atoms with van der Waals surface area (Å²) in [6, 6.07) is 1.99. The van der Waals surface area contributed by atoms with Crippen molar-refractivity contribution in [1.82, 2.24) is 9.78 Å². The number of nitrogens with zero attached hydrogens (tertiary/aromatic N) is 2. The second kappa shape index (κ2) is 4.01. The monoisotopic (exact) mass is 221 g/mol. The van der Waals surface area contributed by atoms with Crippen molar-refractivity contribution in [3.63, 3.8) is 0 Å². The topological polar surface area (TPSA) is 60.9 Å². The van der Waals surface area contributed by atoms with Gasteiger partial charge in [-0.15, -0.1) is 0 Å². The molecule has 1 heterocycles. The molecule has 0 aromatic carbocycles. The van der Waals surface area contributed by atoms with E-state index in [1.807, 2.05) is 24.6 Å². The lowest BCUT2D eigenvalue weighted by Gasteiger charge is -2.11. The van der Waals surface area contributed by atoms with Crippen LogP contribution >= 0.6 is 0 Å². The number of hydrogen-bond acceptors (Lipinski definition) is 3. The van der Waals surface area contributed by atoms with E-state index in [1.54, 1.807) is 0 Å². The zero-order valence-electron chi connectivity index (χ0n) is 9.99. The van der Waals surface area contributed by atoms with Crippen LogP contribution in [0.25, 0.3) is 0 Å². The number of carbonyl (C=O) groups excluding carboxylic acids is 1. The van der Waals surface area contributed by atoms with Crippen molar-refractivity contribution in [3.05, 3.63) is 17.5 Å². The smallest absolute Gasteiger partial charge is 0.146 e. The maximum absolute atomic E-state index is 12.1. The van der Waals surface area contributed by atoms with Crippen LogP contribution in [0.15, 0.2) is 6.07 Å². The molecule has 1 aromatic rings. The number of rotatable bonds is 5. The molecule has 0 atom stereocenters. The SMILES string of the molecule is CCn1nc(C)cc1CC(=O)C1(CN)CC1. The van der Waals surface area contributed by atoms with Gasteiger partial charge in [-0.2, -0.15) is 5.10 Å². The van der Waals surface area contributed by atoms with Crippen molar-refractivity contribution in [1.29, 1.82) is 0 Å². The minimum Gasteiger partial charge on any atom is -0.329 e. The van der Waals surface area contributed by atoms with Gasteiger partial charge in [-0.25, -0.2) is 0 Å². The molecule has 1 aliphatic carbocycles. The van der Waals surface area contributed by atoms with Gasteiger partial charge in [0.15, 0.2) is 0 Å². The van der Waals surface area contributed by atoms with Crippen LogP contribution in [0.5, 0.6) is 0 Å². The van der Waals surface area contributed by atoms with Crippen molar-refractivity contribution in [2.45, 2.75) is 39.7 Å². The third-order valence-corrected chi connectivity index (χ3v) is 3.46. The van der Waals surface area contributed by atoms with Gasteiger partial charge in [-0.3, -0.25) is 9.48 Å². The molecule has 2 rings (SSSR count). The molecule has 88 valence electrons. The molecule has 1 saturated carbocycles. The molecule has 4 nitrogen and oxygen atoms in total. The van der Waals surface area contributed by atoms with E-state index in [4.69, 9.17) is 5.73 Å². The summed E-state index contributed by atoms with van der Waals surface area (Å²) in [6.45, 7) is 5.29. The first-order chi connectivity index (χ1) is 7.61. The lowest BCUT2D eigenvalue weighted by molar-refractivity contribution is -0.123. The van der Waals surface area contributed by atoms with E-state index in [0.717, 1.165) is 30.8 Å². The van der Waals surface area contributed by atoms with E-state index in [9.17, 15) is 4.79 Å². The Bertz CT molecular complexity index is 404. The molecule has 0 bridgehead atoms. The molecule has 0 spiro atoms. The van der Waals surface area contributed by atoms with Crippen LogP contribution in [0, 0.1) is 12.3 Å². The first kappa shape index (κ1) is 11.3. The minimum atomic E-state index is -0.198. The van der Waals surface area contributed by atoms with Crippen LogP contribution in [0.2, 0.25) is 0 Å². The summed E-state index contributed by atoms with van der Waals surface area (Å²) in [5, 5.41) is 4.34. The summed E-state index contributed by atoms with van der Waals surface area (Å²) < 4.78 is 1.90. The molecule has 0 amide bonds. The number of aromatic nitrogens is 2. The van der Waals surface area contributed by atoms with Gasteiger partial charge in [0.05, 0.1) is 5.69 Å². The fourth-order valence-corrected chi connectivity index (χ4v) is 2.11. The largest absolute Gasteiger partial charge is 0.329 e. The van der Waals surface area contributed by atoms with E-state index in [-0.39, 0.29) is 11.2 Å². The van der Waals surface area contributed by atoms with Gasteiger partial charge in [0.2, 0.25) is 0 Å². The van der Waals surface area contributed by atoms with Crippen molar-refractivity contribution in [2.24, 2.45) is 11.1 Å². The molecule has 16 heavy (non-hydrogen) atoms. The summed E-state index contributed by atoms with van der Waals surface area (Å²) in [6.07, 6.45) is 2.40. The summed E-state index contributed by atoms with van der Waals surface area (Å²) in [5.74, 6) is 0.282. The molecule has 4 heteroatoms. The normalized spacial score (nSPS) is 17.4. The van der Waals surface area contributed by atoms with Gasteiger partial charge in [0.25, 0.3) is 0 Å². The van der Waals surface area contributed by atoms with Crippen LogP contribution in [-0.4, -0.2) is 22.1 Å². The summed E-state index contributed by atoms with van der Waals surface area (Å²) >= 11 is 0. The number of Topliss-reactive ketones (excluding diaryl/α,β-unsaturated/α-hetero) is 1. The lowest BCUT2D eigenvalue weighted by Crippen LogP contribution is -2.27. The Balaban J connectivity index is 2.11. The zero-order chi connectivity index (χ0) is 11.8. The number of aryl methyl sites for hydroxylation is 2. The predicted octanol–water partition coefficient (Wildman–Crippen LogP) is 1.06. The van der Waals surface area contributed by atoms with E-state index < -0.39 is 0 Å². The fraction of sp³-hybridized carbons (Fsp3) is 0.667. The maximum Gasteiger partial charge on any atom is 0.146 e. The Labute approximate surface area is 95.8 Å². The Kier molecular flexibility index (Phi) is 2.84. The van der Waals surface area contributed by atoms with Crippen molar-refractivity contribution >= 4 is 5.78 Å². The van der Waals surface area contributed by atoms with E-state index in [0.29, 0.717) is 13.0 Å². The Morgan fingerprint density at radius 3 is 2.81 bits per heavy atom. The number of carbonyl (C=O) groups is 1. The molecule has 0 unspecified atom stereocenters. The van der Waals surface area contributed by atoms with E-state index >= 15 is 0 Å². The summed E-state index contributed by atoms with van der Waals surface area (Å²) in [4.78, 5) is 12.1. The third kappa shape index (κ3) is 1.89. The maximum atomic E-state index is 12.1. The highest BCUT2D eigenvalue weighted by Crippen LogP contribution is 2.46. The van der Waals surface area contributed by atoms with Crippen LogP contribution in [0.1, 0.15) is 31.2 Å². The standard InChI is InChI=1S/C12H19N3O/c1-3-15-10(6-9(2)14-15)7-11(16)12(8-13)4-5-12/h6H,3-5,7-8,13H2,1-2H3. The lowest BCUT2D eigenvalue weighted by atomic mass is 9.97. The molecule has 0 radical (unpaired) electrons. The quantitative estimate of drug-likeness (QED) is 0.808. The molecule has 2 N–H and O–H groups in total. The summed E-state index contributed by atoms with van der Waals surface area (Å²) in [7, 11) is 0. The second-order valence-corrected chi connectivity index (χ2v) is 4.68. The molecule has 1 fully saturated rings. The highest BCUT2D eigenvalue weighted by Gasteiger charge is 2.47. The van der Waals surface area contributed by atoms with Gasteiger partial charge in [0, 0.05) is 30.6 Å². The van der Waals surface area contributed by atoms with Crippen LogP contribution in [-0.2, 0) is 17.8 Å². The molecular formula is C12H19N3O. The van der Waals surface area contributed by atoms with Gasteiger partial charge >= 0.3 is 0 Å². The Morgan fingerprint density at radius 2 is 2.31 bits per heavy atom. The average molecular weight is 221 g/mol. The van der Waals surface area contributed by atoms with Crippen molar-refractivity contribution in [3.8, 4) is 0 Å². The zero-order valence-corrected chi connectivity index (χ0v) is 9.99. The summed E-state index contributed by atoms with van der Waals surface area (Å²) in [5.41, 5.74) is 7.45. The number of nitrogens with two attached hydrogens (primary N) is 1. The van der Waals surface area contributed by atoms with Crippen molar-refractivity contribution in [2.75, 3.05) is 6.54 Å². The number of ketones is 1. The average Bonchev–Trinajstić information content (AvgIpc) is 2.99. The highest BCUT2D eigenvalue weighted by atomic mass is 16.1. The molecular weight excluding hydrogens is 202 g/mol. The number of hydrogen-bond donors (Lipinski definition) is 1. The first-order valence-electron chi connectivity index (χ1n) is 5.88. The first-order valence-corrected chi connectivity index (χ1v) is 5.88. The van der Waals surface area contributed by atoms with Gasteiger partial charge < -0.3 is 5.73 Å². The Hall–Kier alpha value is -1.16. The predicted molar refractivity (Wildman–Crippen MR) is 62.1 cm³/mol. The van der Waals surface area contributed by atoms with E-state index in [2.05, 4.69) is 5.10 Å². The highest BCUT2D eigenvalue weighted by molar-refractivity contribution is 5.89. The molecule has 1 aromatic heterocycles. The fourth-order valence-electron chi connectivity index (χ4n) is 2.11. The minimum absolute atomic E-state index is 0.198. The Morgan fingerprint density at radius 1 is 1.62 bits per heavy atom. The van der Waals surface area contributed by atoms with Gasteiger partial charge in [0.1, 0.15) is 5.78 Å². The second-order valence-electron chi connectivity index (χ2n) is 4.68. The molecule has 0 aliphatic heterocycles. The van der Waals surface area contributed by atoms with Gasteiger partial charge in [-0.1, -0.05) is 0 Å². The van der Waals surface area contributed by atoms with Crippen LogP contribution in [0.4, 0.5) is 0 Å². The van der Waals surface area contributed by atoms with Gasteiger partial charge in [-0.05, 0) is 32.8 Å². The van der Waals surface area contributed by atoms with Crippen LogP contribution in [0.3, 0.4) is 0 Å². The van der Waals surface area contributed by atoms with E-state index in [1.165, 1.54) is 0 Å². The van der Waals surface area contributed by atoms with Crippen LogP contribution < -0.4 is 5.73 Å². The van der Waals surface area contributed by atoms with Crippen molar-refractivity contribution < 1.29 is 4.79 Å². The molecule has 0 saturated heterocycles. The molecule has 1 aliphatic rings.